The van der Waals surface area contributed by atoms with Gasteiger partial charge in [0, 0.05) is 25.0 Å². The van der Waals surface area contributed by atoms with E-state index in [1.807, 2.05) is 19.1 Å². The second-order valence-corrected chi connectivity index (χ2v) is 4.59. The Morgan fingerprint density at radius 1 is 1.65 bits per heavy atom. The van der Waals surface area contributed by atoms with Crippen LogP contribution in [0.25, 0.3) is 0 Å². The van der Waals surface area contributed by atoms with Crippen LogP contribution in [0.4, 0.5) is 5.69 Å². The van der Waals surface area contributed by atoms with E-state index in [0.29, 0.717) is 5.69 Å². The Morgan fingerprint density at radius 3 is 3.06 bits per heavy atom. The highest BCUT2D eigenvalue weighted by Gasteiger charge is 2.24. The molecule has 2 unspecified atom stereocenters. The highest BCUT2D eigenvalue weighted by molar-refractivity contribution is 5.93. The molecule has 5 heteroatoms. The lowest BCUT2D eigenvalue weighted by Crippen LogP contribution is -2.42. The molecule has 0 amide bonds. The quantitative estimate of drug-likeness (QED) is 0.516. The number of aromatic nitrogens is 1. The van der Waals surface area contributed by atoms with Crippen molar-refractivity contribution in [3.8, 4) is 0 Å². The van der Waals surface area contributed by atoms with Crippen LogP contribution in [0.2, 0.25) is 0 Å². The number of amidine groups is 1. The molecule has 5 nitrogen and oxygen atoms in total. The molecule has 17 heavy (non-hydrogen) atoms. The number of aliphatic hydroxyl groups excluding tert-OH is 1. The van der Waals surface area contributed by atoms with E-state index >= 15 is 0 Å². The van der Waals surface area contributed by atoms with E-state index in [1.54, 1.807) is 6.20 Å². The fourth-order valence-electron chi connectivity index (χ4n) is 2.13. The number of aliphatic hydroxyl groups is 1. The molecule has 4 N–H and O–H groups in total. The summed E-state index contributed by atoms with van der Waals surface area (Å²) in [6.07, 6.45) is 2.24. The second-order valence-electron chi connectivity index (χ2n) is 4.59. The van der Waals surface area contributed by atoms with Gasteiger partial charge in [0.25, 0.3) is 0 Å². The Morgan fingerprint density at radius 2 is 2.41 bits per heavy atom. The minimum absolute atomic E-state index is 0.0167. The van der Waals surface area contributed by atoms with Crippen molar-refractivity contribution in [2.45, 2.75) is 19.4 Å². The van der Waals surface area contributed by atoms with Crippen LogP contribution < -0.4 is 10.6 Å². The van der Waals surface area contributed by atoms with Crippen LogP contribution in [-0.2, 0) is 0 Å². The van der Waals surface area contributed by atoms with Crippen molar-refractivity contribution in [1.82, 2.24) is 4.98 Å². The predicted octanol–water partition coefficient (Wildman–Crippen LogP) is 0.573. The molecule has 2 heterocycles. The van der Waals surface area contributed by atoms with Gasteiger partial charge in [-0.3, -0.25) is 10.4 Å². The monoisotopic (exact) mass is 234 g/mol. The number of nitrogens with two attached hydrogens (primary N) is 1. The maximum absolute atomic E-state index is 9.69. The third-order valence-electron chi connectivity index (χ3n) is 3.24. The molecule has 1 aliphatic rings. The average molecular weight is 234 g/mol. The zero-order chi connectivity index (χ0) is 12.4. The zero-order valence-electron chi connectivity index (χ0n) is 9.93. The molecule has 1 aromatic heterocycles. The number of nitrogen functional groups attached to an aromatic ring is 1. The van der Waals surface area contributed by atoms with E-state index in [-0.39, 0.29) is 17.9 Å². The Hall–Kier alpha value is -1.62. The van der Waals surface area contributed by atoms with Crippen LogP contribution in [0.1, 0.15) is 19.0 Å². The molecule has 1 aliphatic heterocycles. The van der Waals surface area contributed by atoms with Crippen LogP contribution in [0.3, 0.4) is 0 Å². The summed E-state index contributed by atoms with van der Waals surface area (Å²) < 4.78 is 0. The summed E-state index contributed by atoms with van der Waals surface area (Å²) in [7, 11) is 0. The first kappa shape index (κ1) is 11.9. The number of pyridine rings is 1. The first-order valence-corrected chi connectivity index (χ1v) is 5.81. The molecule has 2 rings (SSSR count). The lowest BCUT2D eigenvalue weighted by molar-refractivity contribution is 0.0971. The molecule has 0 aromatic carbocycles. The maximum atomic E-state index is 9.69. The fourth-order valence-corrected chi connectivity index (χ4v) is 2.13. The summed E-state index contributed by atoms with van der Waals surface area (Å²) in [5.74, 6) is 0.245. The summed E-state index contributed by atoms with van der Waals surface area (Å²) in [5, 5.41) is 17.1. The summed E-state index contributed by atoms with van der Waals surface area (Å²) in [6.45, 7) is 3.69. The van der Waals surface area contributed by atoms with Gasteiger partial charge in [-0.2, -0.15) is 0 Å². The van der Waals surface area contributed by atoms with Crippen molar-refractivity contribution in [1.29, 1.82) is 5.41 Å². The first-order valence-electron chi connectivity index (χ1n) is 5.81. The fraction of sp³-hybridized carbons (Fsp3) is 0.500. The van der Waals surface area contributed by atoms with Gasteiger partial charge in [-0.05, 0) is 24.5 Å². The van der Waals surface area contributed by atoms with E-state index < -0.39 is 0 Å². The molecule has 1 fully saturated rings. The molecule has 0 bridgehead atoms. The zero-order valence-corrected chi connectivity index (χ0v) is 9.93. The van der Waals surface area contributed by atoms with Crippen molar-refractivity contribution in [2.24, 2.45) is 11.7 Å². The summed E-state index contributed by atoms with van der Waals surface area (Å²) in [6, 6.07) is 3.74. The van der Waals surface area contributed by atoms with Gasteiger partial charge in [-0.1, -0.05) is 6.92 Å². The normalized spacial score (nSPS) is 24.7. The van der Waals surface area contributed by atoms with Crippen molar-refractivity contribution < 1.29 is 5.11 Å². The number of nitrogens with zero attached hydrogens (tertiary/aromatic N) is 2. The van der Waals surface area contributed by atoms with E-state index in [9.17, 15) is 5.11 Å². The number of piperidine rings is 1. The molecule has 1 saturated heterocycles. The Kier molecular flexibility index (Phi) is 3.28. The van der Waals surface area contributed by atoms with Gasteiger partial charge < -0.3 is 15.7 Å². The Balaban J connectivity index is 2.17. The number of hydrogen-bond acceptors (Lipinski definition) is 4. The summed E-state index contributed by atoms with van der Waals surface area (Å²) >= 11 is 0. The van der Waals surface area contributed by atoms with Gasteiger partial charge in [-0.25, -0.2) is 0 Å². The van der Waals surface area contributed by atoms with Crippen LogP contribution in [0.15, 0.2) is 18.3 Å². The topological polar surface area (TPSA) is 86.2 Å². The number of anilines is 1. The molecule has 1 aromatic rings. The van der Waals surface area contributed by atoms with E-state index in [2.05, 4.69) is 9.88 Å². The smallest absolute Gasteiger partial charge is 0.141 e. The number of nitrogens with one attached hydrogen (secondary N) is 1. The van der Waals surface area contributed by atoms with Gasteiger partial charge in [0.05, 0.1) is 6.10 Å². The number of rotatable bonds is 2. The van der Waals surface area contributed by atoms with Crippen molar-refractivity contribution in [3.63, 3.8) is 0 Å². The predicted molar refractivity (Wildman–Crippen MR) is 67.3 cm³/mol. The molecule has 0 aliphatic carbocycles. The minimum atomic E-state index is -0.208. The van der Waals surface area contributed by atoms with Crippen molar-refractivity contribution in [3.05, 3.63) is 24.0 Å². The Labute approximate surface area is 101 Å². The van der Waals surface area contributed by atoms with Gasteiger partial charge in [0.1, 0.15) is 11.5 Å². The van der Waals surface area contributed by atoms with E-state index in [0.717, 1.165) is 25.2 Å². The molecule has 0 radical (unpaired) electrons. The van der Waals surface area contributed by atoms with Crippen LogP contribution in [0.5, 0.6) is 0 Å². The number of hydrogen-bond donors (Lipinski definition) is 3. The molecule has 92 valence electrons. The molecular weight excluding hydrogens is 216 g/mol. The lowest BCUT2D eigenvalue weighted by Gasteiger charge is -2.36. The van der Waals surface area contributed by atoms with E-state index in [1.165, 1.54) is 0 Å². The van der Waals surface area contributed by atoms with Gasteiger partial charge in [-0.15, -0.1) is 0 Å². The van der Waals surface area contributed by atoms with Gasteiger partial charge in [0.2, 0.25) is 0 Å². The first-order chi connectivity index (χ1) is 8.08. The highest BCUT2D eigenvalue weighted by atomic mass is 16.3. The third kappa shape index (κ3) is 2.55. The summed E-state index contributed by atoms with van der Waals surface area (Å²) in [4.78, 5) is 6.24. The average Bonchev–Trinajstić information content (AvgIpc) is 2.33. The minimum Gasteiger partial charge on any atom is -0.393 e. The molecule has 0 spiro atoms. The largest absolute Gasteiger partial charge is 0.393 e. The van der Waals surface area contributed by atoms with Crippen LogP contribution >= 0.6 is 0 Å². The molecule has 2 atom stereocenters. The van der Waals surface area contributed by atoms with Crippen molar-refractivity contribution in [2.75, 3.05) is 18.0 Å². The molecular formula is C12H18N4O. The van der Waals surface area contributed by atoms with Crippen LogP contribution in [-0.4, -0.2) is 35.1 Å². The summed E-state index contributed by atoms with van der Waals surface area (Å²) in [5.41, 5.74) is 6.94. The Bertz CT molecular complexity index is 421. The third-order valence-corrected chi connectivity index (χ3v) is 3.24. The van der Waals surface area contributed by atoms with E-state index in [4.69, 9.17) is 11.1 Å². The molecule has 0 saturated carbocycles. The van der Waals surface area contributed by atoms with Crippen LogP contribution in [0, 0.1) is 11.3 Å². The highest BCUT2D eigenvalue weighted by Crippen LogP contribution is 2.23. The second kappa shape index (κ2) is 4.71. The maximum Gasteiger partial charge on any atom is 0.141 e. The van der Waals surface area contributed by atoms with Gasteiger partial charge >= 0.3 is 0 Å². The van der Waals surface area contributed by atoms with Crippen molar-refractivity contribution >= 4 is 11.5 Å². The SMILES string of the molecule is CC1CN(c2ccnc(C(=N)N)c2)CCC1O. The van der Waals surface area contributed by atoms with Gasteiger partial charge in [0.15, 0.2) is 0 Å². The standard InChI is InChI=1S/C12H18N4O/c1-8-7-16(5-3-11(8)17)9-2-4-15-10(6-9)12(13)14/h2,4,6,8,11,17H,3,5,7H2,1H3,(H3,13,14). The lowest BCUT2D eigenvalue weighted by atomic mass is 9.96.